The van der Waals surface area contributed by atoms with E-state index in [0.717, 1.165) is 31.7 Å². The van der Waals surface area contributed by atoms with E-state index in [2.05, 4.69) is 25.8 Å². The highest BCUT2D eigenvalue weighted by Crippen LogP contribution is 2.21. The molecule has 72 valence electrons. The Hall–Kier alpha value is -0.0800. The first-order valence-corrected chi connectivity index (χ1v) is 5.03. The van der Waals surface area contributed by atoms with Crippen molar-refractivity contribution in [3.63, 3.8) is 0 Å². The van der Waals surface area contributed by atoms with Gasteiger partial charge in [0.25, 0.3) is 0 Å². The van der Waals surface area contributed by atoms with Crippen LogP contribution in [0.15, 0.2) is 0 Å². The molecule has 0 spiro atoms. The summed E-state index contributed by atoms with van der Waals surface area (Å²) in [6, 6.07) is 0.721. The van der Waals surface area contributed by atoms with Crippen LogP contribution < -0.4 is 0 Å². The molecule has 2 heteroatoms. The van der Waals surface area contributed by atoms with Crippen molar-refractivity contribution in [2.45, 2.75) is 32.7 Å². The van der Waals surface area contributed by atoms with Crippen LogP contribution in [-0.2, 0) is 4.74 Å². The molecule has 0 saturated carbocycles. The van der Waals surface area contributed by atoms with E-state index < -0.39 is 0 Å². The SMILES string of the molecule is CCN(C)C(C)C1CCOCC1. The fraction of sp³-hybridized carbons (Fsp3) is 1.00. The van der Waals surface area contributed by atoms with Crippen molar-refractivity contribution in [2.75, 3.05) is 26.8 Å². The maximum atomic E-state index is 5.34. The average molecular weight is 171 g/mol. The fourth-order valence-electron chi connectivity index (χ4n) is 1.85. The van der Waals surface area contributed by atoms with Crippen LogP contribution in [0, 0.1) is 5.92 Å². The van der Waals surface area contributed by atoms with Gasteiger partial charge in [0, 0.05) is 19.3 Å². The summed E-state index contributed by atoms with van der Waals surface area (Å²) < 4.78 is 5.34. The van der Waals surface area contributed by atoms with Gasteiger partial charge in [0.05, 0.1) is 0 Å². The number of nitrogens with zero attached hydrogens (tertiary/aromatic N) is 1. The van der Waals surface area contributed by atoms with Crippen LogP contribution in [-0.4, -0.2) is 37.7 Å². The predicted octanol–water partition coefficient (Wildman–Crippen LogP) is 1.75. The summed E-state index contributed by atoms with van der Waals surface area (Å²) in [5.74, 6) is 0.851. The van der Waals surface area contributed by atoms with Gasteiger partial charge in [-0.3, -0.25) is 0 Å². The van der Waals surface area contributed by atoms with Gasteiger partial charge in [0.1, 0.15) is 0 Å². The second-order valence-corrected chi connectivity index (χ2v) is 3.76. The van der Waals surface area contributed by atoms with Crippen molar-refractivity contribution in [1.82, 2.24) is 4.90 Å². The number of hydrogen-bond acceptors (Lipinski definition) is 2. The second kappa shape index (κ2) is 4.83. The molecule has 1 heterocycles. The van der Waals surface area contributed by atoms with Crippen molar-refractivity contribution >= 4 is 0 Å². The molecular formula is C10H21NO. The molecule has 1 aliphatic heterocycles. The molecule has 1 fully saturated rings. The molecule has 1 rings (SSSR count). The molecule has 0 aromatic rings. The standard InChI is InChI=1S/C10H21NO/c1-4-11(3)9(2)10-5-7-12-8-6-10/h9-10H,4-8H2,1-3H3. The Balaban J connectivity index is 2.33. The van der Waals surface area contributed by atoms with Gasteiger partial charge in [0.15, 0.2) is 0 Å². The molecule has 1 unspecified atom stereocenters. The first kappa shape index (κ1) is 10.0. The van der Waals surface area contributed by atoms with E-state index in [1.807, 2.05) is 0 Å². The summed E-state index contributed by atoms with van der Waals surface area (Å²) in [6.07, 6.45) is 2.48. The zero-order valence-electron chi connectivity index (χ0n) is 8.55. The van der Waals surface area contributed by atoms with E-state index in [1.54, 1.807) is 0 Å². The molecule has 2 nitrogen and oxygen atoms in total. The van der Waals surface area contributed by atoms with Gasteiger partial charge >= 0.3 is 0 Å². The highest BCUT2D eigenvalue weighted by atomic mass is 16.5. The van der Waals surface area contributed by atoms with Gasteiger partial charge < -0.3 is 9.64 Å². The smallest absolute Gasteiger partial charge is 0.0469 e. The lowest BCUT2D eigenvalue weighted by Crippen LogP contribution is -2.38. The molecule has 0 aromatic carbocycles. The minimum Gasteiger partial charge on any atom is -0.381 e. The largest absolute Gasteiger partial charge is 0.381 e. The average Bonchev–Trinajstić information content (AvgIpc) is 2.17. The summed E-state index contributed by atoms with van der Waals surface area (Å²) >= 11 is 0. The summed E-state index contributed by atoms with van der Waals surface area (Å²) in [4.78, 5) is 2.43. The molecule has 1 atom stereocenters. The quantitative estimate of drug-likeness (QED) is 0.641. The van der Waals surface area contributed by atoms with Gasteiger partial charge in [-0.25, -0.2) is 0 Å². The highest BCUT2D eigenvalue weighted by molar-refractivity contribution is 4.75. The van der Waals surface area contributed by atoms with Crippen LogP contribution in [0.1, 0.15) is 26.7 Å². The van der Waals surface area contributed by atoms with Gasteiger partial charge in [0.2, 0.25) is 0 Å². The molecule has 0 radical (unpaired) electrons. The first-order chi connectivity index (χ1) is 5.75. The molecule has 1 saturated heterocycles. The third kappa shape index (κ3) is 2.46. The minimum atomic E-state index is 0.721. The van der Waals surface area contributed by atoms with E-state index in [4.69, 9.17) is 4.74 Å². The summed E-state index contributed by atoms with van der Waals surface area (Å²) in [7, 11) is 2.21. The van der Waals surface area contributed by atoms with E-state index in [-0.39, 0.29) is 0 Å². The Morgan fingerprint density at radius 1 is 1.42 bits per heavy atom. The zero-order chi connectivity index (χ0) is 8.97. The maximum absolute atomic E-state index is 5.34. The van der Waals surface area contributed by atoms with E-state index in [9.17, 15) is 0 Å². The van der Waals surface area contributed by atoms with E-state index >= 15 is 0 Å². The van der Waals surface area contributed by atoms with Gasteiger partial charge in [-0.15, -0.1) is 0 Å². The fourth-order valence-corrected chi connectivity index (χ4v) is 1.85. The minimum absolute atomic E-state index is 0.721. The summed E-state index contributed by atoms with van der Waals surface area (Å²) in [6.45, 7) is 7.63. The van der Waals surface area contributed by atoms with Crippen LogP contribution in [0.25, 0.3) is 0 Å². The molecule has 0 N–H and O–H groups in total. The number of rotatable bonds is 3. The van der Waals surface area contributed by atoms with Crippen LogP contribution in [0.3, 0.4) is 0 Å². The van der Waals surface area contributed by atoms with Gasteiger partial charge in [-0.05, 0) is 39.3 Å². The Bertz CT molecular complexity index is 121. The Kier molecular flexibility index (Phi) is 4.02. The monoisotopic (exact) mass is 171 g/mol. The molecule has 12 heavy (non-hydrogen) atoms. The third-order valence-corrected chi connectivity index (χ3v) is 3.14. The summed E-state index contributed by atoms with van der Waals surface area (Å²) in [5.41, 5.74) is 0. The van der Waals surface area contributed by atoms with Crippen LogP contribution in [0.2, 0.25) is 0 Å². The summed E-state index contributed by atoms with van der Waals surface area (Å²) in [5, 5.41) is 0. The predicted molar refractivity (Wildman–Crippen MR) is 51.3 cm³/mol. The van der Waals surface area contributed by atoms with Crippen LogP contribution in [0.4, 0.5) is 0 Å². The van der Waals surface area contributed by atoms with Crippen molar-refractivity contribution in [2.24, 2.45) is 5.92 Å². The van der Waals surface area contributed by atoms with Crippen molar-refractivity contribution < 1.29 is 4.74 Å². The topological polar surface area (TPSA) is 12.5 Å². The Morgan fingerprint density at radius 2 is 2.00 bits per heavy atom. The highest BCUT2D eigenvalue weighted by Gasteiger charge is 2.22. The van der Waals surface area contributed by atoms with E-state index in [0.29, 0.717) is 0 Å². The van der Waals surface area contributed by atoms with Crippen LogP contribution >= 0.6 is 0 Å². The Labute approximate surface area is 75.9 Å². The van der Waals surface area contributed by atoms with Gasteiger partial charge in [-0.2, -0.15) is 0 Å². The molecule has 0 aliphatic carbocycles. The lowest BCUT2D eigenvalue weighted by molar-refractivity contribution is 0.0371. The lowest BCUT2D eigenvalue weighted by Gasteiger charge is -2.33. The zero-order valence-corrected chi connectivity index (χ0v) is 8.55. The molecule has 0 amide bonds. The van der Waals surface area contributed by atoms with Crippen LogP contribution in [0.5, 0.6) is 0 Å². The van der Waals surface area contributed by atoms with Crippen molar-refractivity contribution in [3.8, 4) is 0 Å². The number of ether oxygens (including phenoxy) is 1. The first-order valence-electron chi connectivity index (χ1n) is 5.03. The van der Waals surface area contributed by atoms with Crippen molar-refractivity contribution in [1.29, 1.82) is 0 Å². The molecule has 0 aromatic heterocycles. The molecule has 0 bridgehead atoms. The Morgan fingerprint density at radius 3 is 2.50 bits per heavy atom. The van der Waals surface area contributed by atoms with E-state index in [1.165, 1.54) is 12.8 Å². The molecular weight excluding hydrogens is 150 g/mol. The number of hydrogen-bond donors (Lipinski definition) is 0. The lowest BCUT2D eigenvalue weighted by atomic mass is 9.92. The molecule has 1 aliphatic rings. The normalized spacial score (nSPS) is 23.0. The van der Waals surface area contributed by atoms with Crippen molar-refractivity contribution in [3.05, 3.63) is 0 Å². The second-order valence-electron chi connectivity index (χ2n) is 3.76. The maximum Gasteiger partial charge on any atom is 0.0469 e. The van der Waals surface area contributed by atoms with Gasteiger partial charge in [-0.1, -0.05) is 6.92 Å². The third-order valence-electron chi connectivity index (χ3n) is 3.14.